The Labute approximate surface area is 167 Å². The zero-order chi connectivity index (χ0) is 19.6. The Balaban J connectivity index is 1.70. The molecule has 2 aromatic carbocycles. The summed E-state index contributed by atoms with van der Waals surface area (Å²) in [5.41, 5.74) is 14.2. The second-order valence-electron chi connectivity index (χ2n) is 8.08. The van der Waals surface area contributed by atoms with Crippen LogP contribution in [0, 0.1) is 0 Å². The molecule has 5 nitrogen and oxygen atoms in total. The van der Waals surface area contributed by atoms with E-state index in [1.54, 1.807) is 0 Å². The van der Waals surface area contributed by atoms with E-state index in [0.29, 0.717) is 13.1 Å². The summed E-state index contributed by atoms with van der Waals surface area (Å²) >= 11 is 0. The van der Waals surface area contributed by atoms with Gasteiger partial charge in [0.25, 0.3) is 0 Å². The molecule has 0 saturated carbocycles. The van der Waals surface area contributed by atoms with Gasteiger partial charge in [0.2, 0.25) is 0 Å². The Morgan fingerprint density at radius 1 is 0.679 bits per heavy atom. The van der Waals surface area contributed by atoms with Crippen LogP contribution in [-0.2, 0) is 11.3 Å². The van der Waals surface area contributed by atoms with Crippen LogP contribution in [0.25, 0.3) is 0 Å². The first-order chi connectivity index (χ1) is 13.6. The van der Waals surface area contributed by atoms with Crippen molar-refractivity contribution in [2.24, 2.45) is 11.5 Å². The first-order valence-electron chi connectivity index (χ1n) is 10.3. The summed E-state index contributed by atoms with van der Waals surface area (Å²) in [6.45, 7) is 1.32. The van der Waals surface area contributed by atoms with E-state index in [-0.39, 0.29) is 6.03 Å². The zero-order valence-electron chi connectivity index (χ0n) is 16.4. The number of nitrogens with zero attached hydrogens (tertiary/aromatic N) is 2. The van der Waals surface area contributed by atoms with Gasteiger partial charge in [-0.3, -0.25) is 0 Å². The van der Waals surface area contributed by atoms with Crippen LogP contribution < -0.4 is 11.5 Å². The fraction of sp³-hybridized carbons (Fsp3) is 0.435. The summed E-state index contributed by atoms with van der Waals surface area (Å²) in [5, 5.41) is 0. The molecule has 2 atom stereocenters. The van der Waals surface area contributed by atoms with Crippen LogP contribution >= 0.6 is 0 Å². The van der Waals surface area contributed by atoms with Crippen LogP contribution in [0.3, 0.4) is 0 Å². The molecular formula is C23H30N4O. The molecule has 4 rings (SSSR count). The molecule has 4 N–H and O–H groups in total. The molecule has 2 saturated heterocycles. The van der Waals surface area contributed by atoms with E-state index >= 15 is 0 Å². The van der Waals surface area contributed by atoms with E-state index in [1.165, 1.54) is 0 Å². The normalized spacial score (nSPS) is 28.2. The Morgan fingerprint density at radius 2 is 1.07 bits per heavy atom. The van der Waals surface area contributed by atoms with Crippen LogP contribution in [-0.4, -0.2) is 28.9 Å². The molecule has 2 unspecified atom stereocenters. The van der Waals surface area contributed by atoms with Crippen molar-refractivity contribution in [3.05, 3.63) is 71.8 Å². The van der Waals surface area contributed by atoms with Gasteiger partial charge in [0.05, 0.1) is 0 Å². The highest BCUT2D eigenvalue weighted by atomic mass is 16.2. The minimum absolute atomic E-state index is 0.0443. The van der Waals surface area contributed by atoms with Crippen LogP contribution in [0.15, 0.2) is 60.7 Å². The standard InChI is InChI=1S/C23H30N4O/c24-22(19-11-3-1-4-12-19)15-7-9-17-26(22)21(28)27-18-10-8-16-23(27,25)20-13-5-2-6-14-20/h1-6,11-14H,7-10,15-18,24-25H2. The van der Waals surface area contributed by atoms with E-state index in [4.69, 9.17) is 11.5 Å². The van der Waals surface area contributed by atoms with Crippen molar-refractivity contribution in [3.63, 3.8) is 0 Å². The molecule has 0 bridgehead atoms. The SMILES string of the molecule is NC1(c2ccccc2)CCCCN1C(=O)N1CCCCC1(N)c1ccccc1. The smallest absolute Gasteiger partial charge is 0.305 e. The maximum absolute atomic E-state index is 13.8. The Kier molecular flexibility index (Phi) is 5.13. The summed E-state index contributed by atoms with van der Waals surface area (Å²) < 4.78 is 0. The summed E-state index contributed by atoms with van der Waals surface area (Å²) in [6, 6.07) is 19.9. The third kappa shape index (κ3) is 3.19. The third-order valence-corrected chi connectivity index (χ3v) is 6.35. The van der Waals surface area contributed by atoms with Gasteiger partial charge >= 0.3 is 6.03 Å². The number of benzene rings is 2. The van der Waals surface area contributed by atoms with Crippen molar-refractivity contribution in [2.75, 3.05) is 13.1 Å². The number of hydrogen-bond acceptors (Lipinski definition) is 3. The molecule has 2 aliphatic rings. The van der Waals surface area contributed by atoms with Crippen molar-refractivity contribution in [1.82, 2.24) is 9.80 Å². The minimum Gasteiger partial charge on any atom is -0.305 e. The highest BCUT2D eigenvalue weighted by Gasteiger charge is 2.47. The number of nitrogens with two attached hydrogens (primary N) is 2. The van der Waals surface area contributed by atoms with Crippen molar-refractivity contribution in [1.29, 1.82) is 0 Å². The number of rotatable bonds is 2. The molecule has 2 amide bonds. The first kappa shape index (κ1) is 19.0. The third-order valence-electron chi connectivity index (χ3n) is 6.35. The maximum atomic E-state index is 13.8. The molecule has 2 aromatic rings. The second kappa shape index (κ2) is 7.57. The highest BCUT2D eigenvalue weighted by Crippen LogP contribution is 2.38. The summed E-state index contributed by atoms with van der Waals surface area (Å²) in [6.07, 6.45) is 5.49. The van der Waals surface area contributed by atoms with E-state index in [1.807, 2.05) is 70.5 Å². The summed E-state index contributed by atoms with van der Waals surface area (Å²) in [4.78, 5) is 17.5. The number of carbonyl (C=O) groups is 1. The largest absolute Gasteiger partial charge is 0.323 e. The lowest BCUT2D eigenvalue weighted by Crippen LogP contribution is -2.66. The van der Waals surface area contributed by atoms with Gasteiger partial charge in [-0.05, 0) is 49.7 Å². The Morgan fingerprint density at radius 3 is 1.46 bits per heavy atom. The lowest BCUT2D eigenvalue weighted by Gasteiger charge is -2.51. The monoisotopic (exact) mass is 378 g/mol. The topological polar surface area (TPSA) is 75.6 Å². The van der Waals surface area contributed by atoms with Crippen molar-refractivity contribution < 1.29 is 4.79 Å². The number of carbonyl (C=O) groups excluding carboxylic acids is 1. The molecule has 0 spiro atoms. The molecule has 148 valence electrons. The van der Waals surface area contributed by atoms with Gasteiger partial charge in [-0.25, -0.2) is 4.79 Å². The average molecular weight is 379 g/mol. The van der Waals surface area contributed by atoms with E-state index in [2.05, 4.69) is 0 Å². The number of piperidine rings is 2. The van der Waals surface area contributed by atoms with Crippen LogP contribution in [0.4, 0.5) is 4.79 Å². The minimum atomic E-state index is -0.786. The van der Waals surface area contributed by atoms with Crippen LogP contribution in [0.5, 0.6) is 0 Å². The van der Waals surface area contributed by atoms with Crippen LogP contribution in [0.2, 0.25) is 0 Å². The Hall–Kier alpha value is -2.37. The zero-order valence-corrected chi connectivity index (χ0v) is 16.4. The molecule has 0 aliphatic carbocycles. The fourth-order valence-corrected chi connectivity index (χ4v) is 4.73. The van der Waals surface area contributed by atoms with Crippen molar-refractivity contribution >= 4 is 6.03 Å². The lowest BCUT2D eigenvalue weighted by molar-refractivity contribution is 0.0122. The van der Waals surface area contributed by atoms with Crippen LogP contribution in [0.1, 0.15) is 49.7 Å². The molecule has 2 aliphatic heterocycles. The molecule has 0 radical (unpaired) electrons. The fourth-order valence-electron chi connectivity index (χ4n) is 4.73. The van der Waals surface area contributed by atoms with E-state index in [0.717, 1.165) is 49.7 Å². The van der Waals surface area contributed by atoms with Crippen molar-refractivity contribution in [3.8, 4) is 0 Å². The van der Waals surface area contributed by atoms with Crippen molar-refractivity contribution in [2.45, 2.75) is 49.9 Å². The summed E-state index contributed by atoms with van der Waals surface area (Å²) in [7, 11) is 0. The molecule has 28 heavy (non-hydrogen) atoms. The number of hydrogen-bond donors (Lipinski definition) is 2. The molecule has 2 heterocycles. The maximum Gasteiger partial charge on any atom is 0.323 e. The quantitative estimate of drug-likeness (QED) is 0.837. The molecule has 0 aromatic heterocycles. The first-order valence-corrected chi connectivity index (χ1v) is 10.3. The van der Waals surface area contributed by atoms with E-state index < -0.39 is 11.3 Å². The molecule has 2 fully saturated rings. The number of amides is 2. The lowest BCUT2D eigenvalue weighted by atomic mass is 9.87. The highest BCUT2D eigenvalue weighted by molar-refractivity contribution is 5.77. The molecule has 5 heteroatoms. The number of urea groups is 1. The predicted molar refractivity (Wildman–Crippen MR) is 111 cm³/mol. The van der Waals surface area contributed by atoms with E-state index in [9.17, 15) is 4.79 Å². The summed E-state index contributed by atoms with van der Waals surface area (Å²) in [5.74, 6) is 0. The Bertz CT molecular complexity index is 744. The van der Waals surface area contributed by atoms with Gasteiger partial charge in [-0.15, -0.1) is 0 Å². The van der Waals surface area contributed by atoms with Gasteiger partial charge in [0, 0.05) is 13.1 Å². The van der Waals surface area contributed by atoms with Gasteiger partial charge in [-0.1, -0.05) is 60.7 Å². The predicted octanol–water partition coefficient (Wildman–Crippen LogP) is 3.70. The van der Waals surface area contributed by atoms with Gasteiger partial charge in [0.15, 0.2) is 0 Å². The average Bonchev–Trinajstić information content (AvgIpc) is 2.75. The molecular weight excluding hydrogens is 348 g/mol. The van der Waals surface area contributed by atoms with Gasteiger partial charge in [0.1, 0.15) is 11.3 Å². The second-order valence-corrected chi connectivity index (χ2v) is 8.08. The van der Waals surface area contributed by atoms with Gasteiger partial charge < -0.3 is 21.3 Å². The number of likely N-dealkylation sites (tertiary alicyclic amines) is 2. The van der Waals surface area contributed by atoms with Gasteiger partial charge in [-0.2, -0.15) is 0 Å².